The fourth-order valence-electron chi connectivity index (χ4n) is 1.86. The molecule has 1 aromatic heterocycles. The van der Waals surface area contributed by atoms with E-state index in [1.165, 1.54) is 0 Å². The minimum absolute atomic E-state index is 0.0972. The van der Waals surface area contributed by atoms with Gasteiger partial charge in [0.05, 0.1) is 0 Å². The lowest BCUT2D eigenvalue weighted by atomic mass is 9.94. The lowest BCUT2D eigenvalue weighted by molar-refractivity contribution is 0.459. The molecule has 5 nitrogen and oxygen atoms in total. The van der Waals surface area contributed by atoms with E-state index in [1.54, 1.807) is 12.4 Å². The van der Waals surface area contributed by atoms with Gasteiger partial charge in [0, 0.05) is 25.2 Å². The molecule has 1 aliphatic rings. The Morgan fingerprint density at radius 2 is 2.06 bits per heavy atom. The number of nitrogens with one attached hydrogen (secondary N) is 1. The highest BCUT2D eigenvalue weighted by molar-refractivity contribution is 7.90. The van der Waals surface area contributed by atoms with Crippen LogP contribution in [0.15, 0.2) is 17.6 Å². The maximum atomic E-state index is 11.2. The predicted molar refractivity (Wildman–Crippen MR) is 60.0 cm³/mol. The molecule has 6 heteroatoms. The Bertz CT molecular complexity index is 449. The largest absolute Gasteiger partial charge is 0.316 e. The Labute approximate surface area is 95.2 Å². The molecule has 2 heterocycles. The first kappa shape index (κ1) is 11.5. The van der Waals surface area contributed by atoms with Gasteiger partial charge in [0.25, 0.3) is 0 Å². The van der Waals surface area contributed by atoms with Crippen molar-refractivity contribution < 1.29 is 8.42 Å². The van der Waals surface area contributed by atoms with Crippen LogP contribution in [0.2, 0.25) is 0 Å². The highest BCUT2D eigenvalue weighted by Gasteiger charge is 2.17. The second-order valence-corrected chi connectivity index (χ2v) is 6.02. The van der Waals surface area contributed by atoms with Gasteiger partial charge in [-0.2, -0.15) is 0 Å². The minimum Gasteiger partial charge on any atom is -0.316 e. The van der Waals surface area contributed by atoms with Gasteiger partial charge in [-0.25, -0.2) is 18.4 Å². The summed E-state index contributed by atoms with van der Waals surface area (Å²) in [5.74, 6) is 0.405. The standard InChI is InChI=1S/C10H15N3O2S/c1-16(14,15)10-12-6-9(7-13-10)8-3-2-4-11-5-8/h6-8,11H,2-5H2,1H3. The molecule has 1 aromatic rings. The van der Waals surface area contributed by atoms with E-state index < -0.39 is 9.84 Å². The van der Waals surface area contributed by atoms with Gasteiger partial charge in [-0.15, -0.1) is 0 Å². The second kappa shape index (κ2) is 4.47. The molecule has 1 fully saturated rings. The van der Waals surface area contributed by atoms with Crippen LogP contribution >= 0.6 is 0 Å². The molecule has 1 saturated heterocycles. The zero-order valence-corrected chi connectivity index (χ0v) is 10.00. The van der Waals surface area contributed by atoms with Crippen LogP contribution in [0, 0.1) is 0 Å². The fraction of sp³-hybridized carbons (Fsp3) is 0.600. The van der Waals surface area contributed by atoms with Crippen molar-refractivity contribution in [1.29, 1.82) is 0 Å². The molecule has 0 aromatic carbocycles. The van der Waals surface area contributed by atoms with Gasteiger partial charge in [-0.05, 0) is 30.9 Å². The second-order valence-electron chi connectivity index (χ2n) is 4.11. The van der Waals surface area contributed by atoms with E-state index in [1.807, 2.05) is 0 Å². The van der Waals surface area contributed by atoms with Crippen molar-refractivity contribution in [2.45, 2.75) is 23.9 Å². The summed E-state index contributed by atoms with van der Waals surface area (Å²) < 4.78 is 22.4. The average molecular weight is 241 g/mol. The summed E-state index contributed by atoms with van der Waals surface area (Å²) in [4.78, 5) is 7.80. The molecule has 0 radical (unpaired) electrons. The number of nitrogens with zero attached hydrogens (tertiary/aromatic N) is 2. The molecule has 1 atom stereocenters. The van der Waals surface area contributed by atoms with E-state index in [9.17, 15) is 8.42 Å². The summed E-state index contributed by atoms with van der Waals surface area (Å²) in [5.41, 5.74) is 1.01. The maximum absolute atomic E-state index is 11.2. The summed E-state index contributed by atoms with van der Waals surface area (Å²) in [7, 11) is -3.29. The van der Waals surface area contributed by atoms with Gasteiger partial charge in [0.1, 0.15) is 0 Å². The molecule has 0 aliphatic carbocycles. The SMILES string of the molecule is CS(=O)(=O)c1ncc(C2CCCNC2)cn1. The van der Waals surface area contributed by atoms with E-state index >= 15 is 0 Å². The maximum Gasteiger partial charge on any atom is 0.246 e. The lowest BCUT2D eigenvalue weighted by Gasteiger charge is -2.22. The molecular formula is C10H15N3O2S. The molecule has 88 valence electrons. The number of aromatic nitrogens is 2. The molecule has 1 aliphatic heterocycles. The van der Waals surface area contributed by atoms with Crippen LogP contribution in [0.25, 0.3) is 0 Å². The van der Waals surface area contributed by atoms with Crippen molar-refractivity contribution in [1.82, 2.24) is 15.3 Å². The Morgan fingerprint density at radius 3 is 2.56 bits per heavy atom. The molecular weight excluding hydrogens is 226 g/mol. The summed E-state index contributed by atoms with van der Waals surface area (Å²) >= 11 is 0. The Balaban J connectivity index is 2.18. The van der Waals surface area contributed by atoms with E-state index in [4.69, 9.17) is 0 Å². The first-order chi connectivity index (χ1) is 7.57. The van der Waals surface area contributed by atoms with Gasteiger partial charge < -0.3 is 5.32 Å². The molecule has 16 heavy (non-hydrogen) atoms. The summed E-state index contributed by atoms with van der Waals surface area (Å²) in [5, 5.41) is 3.21. The molecule has 0 saturated carbocycles. The van der Waals surface area contributed by atoms with Crippen LogP contribution in [0.3, 0.4) is 0 Å². The summed E-state index contributed by atoms with van der Waals surface area (Å²) in [6.07, 6.45) is 6.61. The highest BCUT2D eigenvalue weighted by atomic mass is 32.2. The molecule has 1 N–H and O–H groups in total. The third-order valence-electron chi connectivity index (χ3n) is 2.75. The number of hydrogen-bond acceptors (Lipinski definition) is 5. The first-order valence-corrected chi connectivity index (χ1v) is 7.19. The van der Waals surface area contributed by atoms with Crippen molar-refractivity contribution in [2.75, 3.05) is 19.3 Å². The topological polar surface area (TPSA) is 72.0 Å². The summed E-state index contributed by atoms with van der Waals surface area (Å²) in [6, 6.07) is 0. The van der Waals surface area contributed by atoms with Crippen LogP contribution < -0.4 is 5.32 Å². The lowest BCUT2D eigenvalue weighted by Crippen LogP contribution is -2.28. The Hall–Kier alpha value is -1.01. The third kappa shape index (κ3) is 2.56. The number of sulfone groups is 1. The Kier molecular flexibility index (Phi) is 3.20. The molecule has 0 bridgehead atoms. The highest BCUT2D eigenvalue weighted by Crippen LogP contribution is 2.21. The van der Waals surface area contributed by atoms with Gasteiger partial charge in [0.2, 0.25) is 15.0 Å². The van der Waals surface area contributed by atoms with E-state index in [2.05, 4.69) is 15.3 Å². The van der Waals surface area contributed by atoms with E-state index in [0.717, 1.165) is 37.8 Å². The van der Waals surface area contributed by atoms with Crippen molar-refractivity contribution >= 4 is 9.84 Å². The van der Waals surface area contributed by atoms with Crippen molar-refractivity contribution in [3.05, 3.63) is 18.0 Å². The molecule has 1 unspecified atom stereocenters. The monoisotopic (exact) mass is 241 g/mol. The normalized spacial score (nSPS) is 21.9. The van der Waals surface area contributed by atoms with Gasteiger partial charge in [-0.1, -0.05) is 0 Å². The number of rotatable bonds is 2. The van der Waals surface area contributed by atoms with Crippen LogP contribution in [0.4, 0.5) is 0 Å². The van der Waals surface area contributed by atoms with Gasteiger partial charge in [-0.3, -0.25) is 0 Å². The zero-order chi connectivity index (χ0) is 11.6. The van der Waals surface area contributed by atoms with Crippen LogP contribution in [0.1, 0.15) is 24.3 Å². The number of hydrogen-bond donors (Lipinski definition) is 1. The zero-order valence-electron chi connectivity index (χ0n) is 9.18. The van der Waals surface area contributed by atoms with Crippen LogP contribution in [-0.4, -0.2) is 37.7 Å². The van der Waals surface area contributed by atoms with Crippen LogP contribution in [0.5, 0.6) is 0 Å². The predicted octanol–water partition coefficient (Wildman–Crippen LogP) is 0.347. The van der Waals surface area contributed by atoms with E-state index in [-0.39, 0.29) is 5.16 Å². The van der Waals surface area contributed by atoms with Gasteiger partial charge in [0.15, 0.2) is 0 Å². The third-order valence-corrected chi connectivity index (χ3v) is 3.62. The first-order valence-electron chi connectivity index (χ1n) is 5.30. The summed E-state index contributed by atoms with van der Waals surface area (Å²) in [6.45, 7) is 1.97. The van der Waals surface area contributed by atoms with Crippen molar-refractivity contribution in [3.63, 3.8) is 0 Å². The van der Waals surface area contributed by atoms with Gasteiger partial charge >= 0.3 is 0 Å². The van der Waals surface area contributed by atoms with Crippen molar-refractivity contribution in [3.8, 4) is 0 Å². The fourth-order valence-corrected chi connectivity index (χ4v) is 2.35. The smallest absolute Gasteiger partial charge is 0.246 e. The van der Waals surface area contributed by atoms with E-state index in [0.29, 0.717) is 5.92 Å². The molecule has 2 rings (SSSR count). The average Bonchev–Trinajstić information content (AvgIpc) is 2.29. The molecule has 0 spiro atoms. The van der Waals surface area contributed by atoms with Crippen molar-refractivity contribution in [2.24, 2.45) is 0 Å². The molecule has 0 amide bonds. The quantitative estimate of drug-likeness (QED) is 0.756. The minimum atomic E-state index is -3.29. The Morgan fingerprint density at radius 1 is 1.38 bits per heavy atom. The van der Waals surface area contributed by atoms with Crippen LogP contribution in [-0.2, 0) is 9.84 Å². The number of piperidine rings is 1.